The lowest BCUT2D eigenvalue weighted by atomic mass is 10.1. The number of thiocarbonyl (C=S) groups is 1. The zero-order valence-corrected chi connectivity index (χ0v) is 12.2. The fourth-order valence-electron chi connectivity index (χ4n) is 2.15. The maximum absolute atomic E-state index is 12.6. The van der Waals surface area contributed by atoms with Crippen molar-refractivity contribution in [2.24, 2.45) is 5.73 Å². The number of rotatable bonds is 5. The van der Waals surface area contributed by atoms with Crippen LogP contribution in [0.4, 0.5) is 0 Å². The molecule has 20 heavy (non-hydrogen) atoms. The van der Waals surface area contributed by atoms with E-state index in [0.717, 1.165) is 17.2 Å². The van der Waals surface area contributed by atoms with E-state index < -0.39 is 0 Å². The molecule has 1 aromatic heterocycles. The molecule has 2 N–H and O–H groups in total. The van der Waals surface area contributed by atoms with Crippen LogP contribution in [0.3, 0.4) is 0 Å². The predicted octanol–water partition coefficient (Wildman–Crippen LogP) is 2.37. The van der Waals surface area contributed by atoms with Crippen molar-refractivity contribution in [2.75, 3.05) is 13.1 Å². The highest BCUT2D eigenvalue weighted by molar-refractivity contribution is 7.80. The lowest BCUT2D eigenvalue weighted by Gasteiger charge is -2.21. The number of carbonyl (C=O) groups is 1. The number of amides is 1. The largest absolute Gasteiger partial charge is 0.392 e. The average Bonchev–Trinajstić information content (AvgIpc) is 2.45. The third-order valence-corrected chi connectivity index (χ3v) is 3.13. The quantitative estimate of drug-likeness (QED) is 0.858. The molecule has 0 spiro atoms. The van der Waals surface area contributed by atoms with Gasteiger partial charge in [-0.15, -0.1) is 0 Å². The molecule has 0 aliphatic heterocycles. The van der Waals surface area contributed by atoms with Crippen LogP contribution < -0.4 is 5.73 Å². The SMILES string of the molecule is CCCN(CC(N)=S)C(=O)c1nccc2ccccc12. The first-order chi connectivity index (χ1) is 9.63. The summed E-state index contributed by atoms with van der Waals surface area (Å²) >= 11 is 4.91. The van der Waals surface area contributed by atoms with Crippen LogP contribution in [0, 0.1) is 0 Å². The monoisotopic (exact) mass is 287 g/mol. The van der Waals surface area contributed by atoms with Gasteiger partial charge in [0.1, 0.15) is 5.69 Å². The van der Waals surface area contributed by atoms with Crippen LogP contribution in [0.15, 0.2) is 36.5 Å². The lowest BCUT2D eigenvalue weighted by molar-refractivity contribution is 0.0776. The molecule has 5 heteroatoms. The minimum atomic E-state index is -0.128. The van der Waals surface area contributed by atoms with Gasteiger partial charge in [-0.25, -0.2) is 0 Å². The zero-order valence-electron chi connectivity index (χ0n) is 11.4. The number of aromatic nitrogens is 1. The van der Waals surface area contributed by atoms with Crippen molar-refractivity contribution in [3.8, 4) is 0 Å². The van der Waals surface area contributed by atoms with Gasteiger partial charge in [-0.3, -0.25) is 9.78 Å². The molecule has 1 amide bonds. The van der Waals surface area contributed by atoms with E-state index in [-0.39, 0.29) is 12.5 Å². The Morgan fingerprint density at radius 2 is 2.10 bits per heavy atom. The summed E-state index contributed by atoms with van der Waals surface area (Å²) in [5.74, 6) is -0.128. The molecular weight excluding hydrogens is 270 g/mol. The van der Waals surface area contributed by atoms with Gasteiger partial charge in [-0.1, -0.05) is 43.4 Å². The molecule has 0 aliphatic rings. The Labute approximate surface area is 123 Å². The van der Waals surface area contributed by atoms with Crippen molar-refractivity contribution in [2.45, 2.75) is 13.3 Å². The van der Waals surface area contributed by atoms with Gasteiger partial charge in [0.15, 0.2) is 0 Å². The molecule has 0 saturated carbocycles. The number of nitrogens with zero attached hydrogens (tertiary/aromatic N) is 2. The van der Waals surface area contributed by atoms with Crippen molar-refractivity contribution in [3.63, 3.8) is 0 Å². The normalized spacial score (nSPS) is 10.4. The van der Waals surface area contributed by atoms with Crippen molar-refractivity contribution in [1.82, 2.24) is 9.88 Å². The first-order valence-electron chi connectivity index (χ1n) is 6.54. The topological polar surface area (TPSA) is 59.2 Å². The molecule has 0 radical (unpaired) electrons. The summed E-state index contributed by atoms with van der Waals surface area (Å²) in [4.78, 5) is 18.8. The van der Waals surface area contributed by atoms with Crippen molar-refractivity contribution < 1.29 is 4.79 Å². The van der Waals surface area contributed by atoms with E-state index >= 15 is 0 Å². The minimum absolute atomic E-state index is 0.128. The number of carbonyl (C=O) groups excluding carboxylic acids is 1. The molecule has 0 aliphatic carbocycles. The van der Waals surface area contributed by atoms with Crippen LogP contribution in [0.1, 0.15) is 23.8 Å². The predicted molar refractivity (Wildman–Crippen MR) is 84.7 cm³/mol. The van der Waals surface area contributed by atoms with Gasteiger partial charge in [-0.2, -0.15) is 0 Å². The molecule has 104 valence electrons. The fourth-order valence-corrected chi connectivity index (χ4v) is 2.31. The zero-order chi connectivity index (χ0) is 14.5. The Hall–Kier alpha value is -2.01. The van der Waals surface area contributed by atoms with Gasteiger partial charge >= 0.3 is 0 Å². The first kappa shape index (κ1) is 14.4. The van der Waals surface area contributed by atoms with Crippen LogP contribution in [-0.4, -0.2) is 33.9 Å². The molecule has 1 heterocycles. The molecule has 0 fully saturated rings. The molecule has 0 unspecified atom stereocenters. The van der Waals surface area contributed by atoms with Gasteiger partial charge in [0.2, 0.25) is 0 Å². The van der Waals surface area contributed by atoms with E-state index in [0.29, 0.717) is 17.2 Å². The van der Waals surface area contributed by atoms with Crippen LogP contribution in [0.2, 0.25) is 0 Å². The van der Waals surface area contributed by atoms with Gasteiger partial charge in [0.25, 0.3) is 5.91 Å². The second-order valence-corrected chi connectivity index (χ2v) is 5.10. The van der Waals surface area contributed by atoms with Crippen molar-refractivity contribution in [1.29, 1.82) is 0 Å². The summed E-state index contributed by atoms with van der Waals surface area (Å²) < 4.78 is 0. The number of nitrogens with two attached hydrogens (primary N) is 1. The van der Waals surface area contributed by atoms with Crippen LogP contribution in [-0.2, 0) is 0 Å². The number of hydrogen-bond acceptors (Lipinski definition) is 3. The average molecular weight is 287 g/mol. The molecule has 4 nitrogen and oxygen atoms in total. The van der Waals surface area contributed by atoms with E-state index in [4.69, 9.17) is 18.0 Å². The number of fused-ring (bicyclic) bond motifs is 1. The molecule has 0 atom stereocenters. The molecule has 2 rings (SSSR count). The van der Waals surface area contributed by atoms with Gasteiger partial charge in [0.05, 0.1) is 11.5 Å². The Morgan fingerprint density at radius 1 is 1.35 bits per heavy atom. The molecule has 2 aromatic rings. The van der Waals surface area contributed by atoms with Crippen molar-refractivity contribution >= 4 is 33.9 Å². The number of pyridine rings is 1. The maximum Gasteiger partial charge on any atom is 0.273 e. The second-order valence-electron chi connectivity index (χ2n) is 4.57. The Morgan fingerprint density at radius 3 is 2.80 bits per heavy atom. The molecular formula is C15H17N3OS. The fraction of sp³-hybridized carbons (Fsp3) is 0.267. The highest BCUT2D eigenvalue weighted by Gasteiger charge is 2.19. The number of benzene rings is 1. The van der Waals surface area contributed by atoms with Crippen LogP contribution in [0.25, 0.3) is 10.8 Å². The third kappa shape index (κ3) is 3.11. The highest BCUT2D eigenvalue weighted by atomic mass is 32.1. The second kappa shape index (κ2) is 6.43. The summed E-state index contributed by atoms with van der Waals surface area (Å²) in [6.45, 7) is 2.91. The van der Waals surface area contributed by atoms with Crippen LogP contribution >= 0.6 is 12.2 Å². The van der Waals surface area contributed by atoms with E-state index in [9.17, 15) is 4.79 Å². The first-order valence-corrected chi connectivity index (χ1v) is 6.95. The Bertz CT molecular complexity index is 637. The summed E-state index contributed by atoms with van der Waals surface area (Å²) in [7, 11) is 0. The highest BCUT2D eigenvalue weighted by Crippen LogP contribution is 2.17. The van der Waals surface area contributed by atoms with E-state index in [1.54, 1.807) is 11.1 Å². The maximum atomic E-state index is 12.6. The molecule has 1 aromatic carbocycles. The van der Waals surface area contributed by atoms with Gasteiger partial charge < -0.3 is 10.6 Å². The summed E-state index contributed by atoms with van der Waals surface area (Å²) in [6, 6.07) is 9.60. The summed E-state index contributed by atoms with van der Waals surface area (Å²) in [6.07, 6.45) is 2.50. The van der Waals surface area contributed by atoms with E-state index in [2.05, 4.69) is 4.98 Å². The minimum Gasteiger partial charge on any atom is -0.392 e. The van der Waals surface area contributed by atoms with Gasteiger partial charge in [0, 0.05) is 18.1 Å². The Kier molecular flexibility index (Phi) is 4.63. The smallest absolute Gasteiger partial charge is 0.273 e. The van der Waals surface area contributed by atoms with Gasteiger partial charge in [-0.05, 0) is 17.9 Å². The summed E-state index contributed by atoms with van der Waals surface area (Å²) in [5.41, 5.74) is 6.02. The standard InChI is InChI=1S/C15H17N3OS/c1-2-9-18(10-13(16)20)15(19)14-12-6-4-3-5-11(12)7-8-17-14/h3-8H,2,9-10H2,1H3,(H2,16,20). The molecule has 0 bridgehead atoms. The van der Waals surface area contributed by atoms with E-state index in [1.807, 2.05) is 37.3 Å². The number of hydrogen-bond donors (Lipinski definition) is 1. The van der Waals surface area contributed by atoms with Crippen LogP contribution in [0.5, 0.6) is 0 Å². The lowest BCUT2D eigenvalue weighted by Crippen LogP contribution is -2.38. The third-order valence-electron chi connectivity index (χ3n) is 3.00. The molecule has 0 saturated heterocycles. The van der Waals surface area contributed by atoms with E-state index in [1.165, 1.54) is 0 Å². The summed E-state index contributed by atoms with van der Waals surface area (Å²) in [5, 5.41) is 1.85. The van der Waals surface area contributed by atoms with Crippen molar-refractivity contribution in [3.05, 3.63) is 42.2 Å². The Balaban J connectivity index is 2.40.